The maximum atomic E-state index is 5.49. The van der Waals surface area contributed by atoms with Gasteiger partial charge >= 0.3 is 0 Å². The number of thiocarbonyl (C=S) groups is 1. The molecule has 0 bridgehead atoms. The first-order valence-corrected chi connectivity index (χ1v) is 10.6. The Balaban J connectivity index is 1.63. The Morgan fingerprint density at radius 3 is 2.50 bits per heavy atom. The number of nitrogens with zero attached hydrogens (tertiary/aromatic N) is 5. The summed E-state index contributed by atoms with van der Waals surface area (Å²) in [6.07, 6.45) is 0. The summed E-state index contributed by atoms with van der Waals surface area (Å²) in [5, 5.41) is 13.9. The summed E-state index contributed by atoms with van der Waals surface area (Å²) in [4.78, 5) is 11.7. The summed E-state index contributed by atoms with van der Waals surface area (Å²) in [5.41, 5.74) is 2.05. The van der Waals surface area contributed by atoms with Crippen molar-refractivity contribution < 1.29 is 4.74 Å². The number of aromatic nitrogens is 2. The zero-order valence-electron chi connectivity index (χ0n) is 16.3. The zero-order chi connectivity index (χ0) is 20.7. The molecule has 0 unspecified atom stereocenters. The minimum absolute atomic E-state index is 0.145. The molecule has 9 heteroatoms. The number of methoxy groups -OCH3 is 1. The fourth-order valence-electron chi connectivity index (χ4n) is 3.61. The van der Waals surface area contributed by atoms with Crippen molar-refractivity contribution in [2.24, 2.45) is 9.98 Å². The first kappa shape index (κ1) is 18.8. The standard InChI is InChI=1S/C21H18N6OS2/c1-12-25-26-21(30-12)27-18(14-6-4-3-5-7-14)22-17-16(23-20(29)24-19(17)27)13-8-10-15(28-2)11-9-13/h3-11,16-17H,1-2H3,(H,23,29)/t16-,17-/m0/s1. The smallest absolute Gasteiger partial charge is 0.219 e. The Hall–Kier alpha value is -3.17. The van der Waals surface area contributed by atoms with E-state index >= 15 is 0 Å². The van der Waals surface area contributed by atoms with Crippen LogP contribution in [0.5, 0.6) is 5.75 Å². The molecular weight excluding hydrogens is 416 g/mol. The lowest BCUT2D eigenvalue weighted by molar-refractivity contribution is 0.414. The Kier molecular flexibility index (Phi) is 4.76. The monoisotopic (exact) mass is 434 g/mol. The third-order valence-corrected chi connectivity index (χ3v) is 6.02. The lowest BCUT2D eigenvalue weighted by atomic mass is 9.98. The van der Waals surface area contributed by atoms with Gasteiger partial charge in [-0.15, -0.1) is 10.2 Å². The van der Waals surface area contributed by atoms with Crippen molar-refractivity contribution >= 4 is 45.5 Å². The molecular formula is C21H18N6OS2. The van der Waals surface area contributed by atoms with Crippen LogP contribution in [0.2, 0.25) is 0 Å². The van der Waals surface area contributed by atoms with Gasteiger partial charge in [-0.1, -0.05) is 53.8 Å². The maximum Gasteiger partial charge on any atom is 0.219 e. The molecule has 3 heterocycles. The van der Waals surface area contributed by atoms with Crippen LogP contribution in [-0.4, -0.2) is 40.1 Å². The van der Waals surface area contributed by atoms with Crippen LogP contribution >= 0.6 is 23.6 Å². The Bertz CT molecular complexity index is 1160. The second-order valence-electron chi connectivity index (χ2n) is 6.87. The Labute approximate surface area is 183 Å². The van der Waals surface area contributed by atoms with Crippen LogP contribution in [-0.2, 0) is 0 Å². The second kappa shape index (κ2) is 7.58. The van der Waals surface area contributed by atoms with E-state index in [2.05, 4.69) is 20.5 Å². The zero-order valence-corrected chi connectivity index (χ0v) is 17.9. The van der Waals surface area contributed by atoms with E-state index < -0.39 is 0 Å². The highest BCUT2D eigenvalue weighted by Crippen LogP contribution is 2.35. The van der Waals surface area contributed by atoms with E-state index in [1.165, 1.54) is 11.3 Å². The van der Waals surface area contributed by atoms with Crippen molar-refractivity contribution in [2.75, 3.05) is 12.0 Å². The van der Waals surface area contributed by atoms with E-state index in [1.54, 1.807) is 7.11 Å². The predicted octanol–water partition coefficient (Wildman–Crippen LogP) is 3.52. The SMILES string of the molecule is COc1ccc([C@@H]2NC(=S)N=C3[C@H]2N=C(c2ccccc2)N3c2nnc(C)s2)cc1. The number of aliphatic imine (C=N–C) groups is 2. The molecule has 1 N–H and O–H groups in total. The van der Waals surface area contributed by atoms with E-state index in [0.717, 1.165) is 38.7 Å². The van der Waals surface area contributed by atoms with Crippen LogP contribution in [0, 0.1) is 6.92 Å². The van der Waals surface area contributed by atoms with Gasteiger partial charge in [0, 0.05) is 5.56 Å². The fourth-order valence-corrected chi connectivity index (χ4v) is 4.53. The minimum atomic E-state index is -0.246. The van der Waals surface area contributed by atoms with Gasteiger partial charge in [-0.2, -0.15) is 0 Å². The fraction of sp³-hybridized carbons (Fsp3) is 0.190. The molecule has 0 spiro atoms. The number of rotatable bonds is 4. The van der Waals surface area contributed by atoms with Gasteiger partial charge in [-0.05, 0) is 36.8 Å². The third kappa shape index (κ3) is 3.25. The van der Waals surface area contributed by atoms with Gasteiger partial charge < -0.3 is 10.1 Å². The molecule has 2 aliphatic rings. The van der Waals surface area contributed by atoms with E-state index in [1.807, 2.05) is 66.4 Å². The molecule has 0 radical (unpaired) electrons. The minimum Gasteiger partial charge on any atom is -0.497 e. The van der Waals surface area contributed by atoms with Gasteiger partial charge in [0.15, 0.2) is 5.11 Å². The number of ether oxygens (including phenoxy) is 1. The molecule has 1 aromatic heterocycles. The van der Waals surface area contributed by atoms with E-state index in [4.69, 9.17) is 21.9 Å². The molecule has 0 saturated heterocycles. The van der Waals surface area contributed by atoms with Gasteiger partial charge in [-0.3, -0.25) is 9.89 Å². The van der Waals surface area contributed by atoms with Crippen molar-refractivity contribution in [2.45, 2.75) is 19.0 Å². The molecule has 0 saturated carbocycles. The number of nitrogens with one attached hydrogen (secondary N) is 1. The largest absolute Gasteiger partial charge is 0.497 e. The topological polar surface area (TPSA) is 75.0 Å². The molecule has 30 heavy (non-hydrogen) atoms. The van der Waals surface area contributed by atoms with Gasteiger partial charge in [-0.25, -0.2) is 4.99 Å². The molecule has 7 nitrogen and oxygen atoms in total. The van der Waals surface area contributed by atoms with Crippen LogP contribution in [0.3, 0.4) is 0 Å². The van der Waals surface area contributed by atoms with Crippen LogP contribution in [0.1, 0.15) is 22.2 Å². The first-order chi connectivity index (χ1) is 14.6. The molecule has 2 aromatic carbocycles. The maximum absolute atomic E-state index is 5.49. The summed E-state index contributed by atoms with van der Waals surface area (Å²) >= 11 is 6.99. The summed E-state index contributed by atoms with van der Waals surface area (Å²) in [5.74, 6) is 2.35. The molecule has 3 aromatic rings. The van der Waals surface area contributed by atoms with Gasteiger partial charge in [0.05, 0.1) is 13.2 Å². The lowest BCUT2D eigenvalue weighted by Crippen LogP contribution is -2.47. The second-order valence-corrected chi connectivity index (χ2v) is 8.42. The summed E-state index contributed by atoms with van der Waals surface area (Å²) in [6.45, 7) is 1.93. The number of amidine groups is 2. The molecule has 150 valence electrons. The average Bonchev–Trinajstić information content (AvgIpc) is 3.37. The lowest BCUT2D eigenvalue weighted by Gasteiger charge is -2.30. The van der Waals surface area contributed by atoms with Crippen molar-refractivity contribution in [3.63, 3.8) is 0 Å². The van der Waals surface area contributed by atoms with E-state index in [-0.39, 0.29) is 12.1 Å². The summed E-state index contributed by atoms with van der Waals surface area (Å²) in [6, 6.07) is 17.6. The molecule has 0 aliphatic carbocycles. The van der Waals surface area contributed by atoms with E-state index in [0.29, 0.717) is 5.11 Å². The highest BCUT2D eigenvalue weighted by Gasteiger charge is 2.43. The average molecular weight is 435 g/mol. The van der Waals surface area contributed by atoms with E-state index in [9.17, 15) is 0 Å². The first-order valence-electron chi connectivity index (χ1n) is 9.40. The molecule has 0 fully saturated rings. The van der Waals surface area contributed by atoms with Crippen molar-refractivity contribution in [3.05, 3.63) is 70.7 Å². The Morgan fingerprint density at radius 2 is 1.83 bits per heavy atom. The molecule has 5 rings (SSSR count). The van der Waals surface area contributed by atoms with Crippen molar-refractivity contribution in [1.82, 2.24) is 15.5 Å². The number of hydrogen-bond donors (Lipinski definition) is 1. The number of anilines is 1. The van der Waals surface area contributed by atoms with Gasteiger partial charge in [0.1, 0.15) is 28.5 Å². The number of benzene rings is 2. The third-order valence-electron chi connectivity index (χ3n) is 4.99. The van der Waals surface area contributed by atoms with Crippen LogP contribution in [0.15, 0.2) is 64.6 Å². The quantitative estimate of drug-likeness (QED) is 0.634. The highest BCUT2D eigenvalue weighted by atomic mass is 32.1. The molecule has 2 aliphatic heterocycles. The summed E-state index contributed by atoms with van der Waals surface area (Å²) < 4.78 is 5.30. The number of aryl methyl sites for hydroxylation is 1. The molecule has 0 amide bonds. The highest BCUT2D eigenvalue weighted by molar-refractivity contribution is 7.80. The predicted molar refractivity (Wildman–Crippen MR) is 123 cm³/mol. The summed E-state index contributed by atoms with van der Waals surface area (Å²) in [7, 11) is 1.66. The normalized spacial score (nSPS) is 20.3. The van der Waals surface area contributed by atoms with Crippen LogP contribution in [0.4, 0.5) is 5.13 Å². The number of fused-ring (bicyclic) bond motifs is 1. The van der Waals surface area contributed by atoms with Gasteiger partial charge in [0.25, 0.3) is 0 Å². The van der Waals surface area contributed by atoms with Crippen molar-refractivity contribution in [3.8, 4) is 5.75 Å². The van der Waals surface area contributed by atoms with Crippen LogP contribution < -0.4 is 15.0 Å². The molecule has 2 atom stereocenters. The number of hydrogen-bond acceptors (Lipinski definition) is 7. The van der Waals surface area contributed by atoms with Gasteiger partial charge in [0.2, 0.25) is 5.13 Å². The van der Waals surface area contributed by atoms with Crippen molar-refractivity contribution in [1.29, 1.82) is 0 Å². The Morgan fingerprint density at radius 1 is 1.07 bits per heavy atom. The van der Waals surface area contributed by atoms with Crippen LogP contribution in [0.25, 0.3) is 0 Å².